The van der Waals surface area contributed by atoms with E-state index in [1.54, 1.807) is 36.3 Å². The maximum atomic E-state index is 12.7. The molecule has 2 aromatic heterocycles. The number of carbonyl (C=O) groups excluding carboxylic acids is 1. The predicted molar refractivity (Wildman–Crippen MR) is 92.7 cm³/mol. The molecule has 25 heavy (non-hydrogen) atoms. The van der Waals surface area contributed by atoms with Crippen LogP contribution in [-0.2, 0) is 13.6 Å². The first-order chi connectivity index (χ1) is 12.1. The van der Waals surface area contributed by atoms with Crippen LogP contribution in [0.4, 0.5) is 10.5 Å². The molecule has 0 aliphatic heterocycles. The number of carbonyl (C=O) groups is 1. The van der Waals surface area contributed by atoms with Crippen molar-refractivity contribution in [2.24, 2.45) is 7.05 Å². The van der Waals surface area contributed by atoms with Gasteiger partial charge in [-0.05, 0) is 17.7 Å². The van der Waals surface area contributed by atoms with Gasteiger partial charge >= 0.3 is 6.03 Å². The number of nitrogens with one attached hydrogen (secondary N) is 1. The van der Waals surface area contributed by atoms with Crippen molar-refractivity contribution in [3.05, 3.63) is 72.4 Å². The highest BCUT2D eigenvalue weighted by Gasteiger charge is 2.21. The minimum Gasteiger partial charge on any atom is -0.467 e. The van der Waals surface area contributed by atoms with Crippen LogP contribution in [0.3, 0.4) is 0 Å². The minimum atomic E-state index is -0.904. The van der Waals surface area contributed by atoms with E-state index >= 15 is 0 Å². The summed E-state index contributed by atoms with van der Waals surface area (Å²) in [5, 5.41) is 17.2. The molecule has 2 heterocycles. The van der Waals surface area contributed by atoms with E-state index in [1.165, 1.54) is 11.2 Å². The summed E-state index contributed by atoms with van der Waals surface area (Å²) >= 11 is 0. The average Bonchev–Trinajstić information content (AvgIpc) is 3.27. The number of aliphatic hydroxyl groups excluding tert-OH is 1. The Morgan fingerprint density at radius 2 is 2.12 bits per heavy atom. The predicted octanol–water partition coefficient (Wildman–Crippen LogP) is 2.78. The Kier molecular flexibility index (Phi) is 5.15. The van der Waals surface area contributed by atoms with Gasteiger partial charge in [0.1, 0.15) is 11.9 Å². The molecule has 0 radical (unpaired) electrons. The summed E-state index contributed by atoms with van der Waals surface area (Å²) in [5.41, 5.74) is 1.56. The van der Waals surface area contributed by atoms with Crippen molar-refractivity contribution in [2.75, 3.05) is 11.9 Å². The Bertz CT molecular complexity index is 799. The Morgan fingerprint density at radius 3 is 2.76 bits per heavy atom. The lowest BCUT2D eigenvalue weighted by molar-refractivity contribution is 0.105. The summed E-state index contributed by atoms with van der Waals surface area (Å²) in [6, 6.07) is 12.7. The third-order valence-corrected chi connectivity index (χ3v) is 3.72. The minimum absolute atomic E-state index is 0.106. The second kappa shape index (κ2) is 7.67. The molecule has 0 aliphatic carbocycles. The van der Waals surface area contributed by atoms with Crippen molar-refractivity contribution < 1.29 is 14.3 Å². The first-order valence-electron chi connectivity index (χ1n) is 7.92. The van der Waals surface area contributed by atoms with Crippen LogP contribution in [0.15, 0.2) is 65.5 Å². The summed E-state index contributed by atoms with van der Waals surface area (Å²) in [4.78, 5) is 14.2. The van der Waals surface area contributed by atoms with E-state index in [1.807, 2.05) is 30.3 Å². The number of rotatable bonds is 6. The molecule has 1 unspecified atom stereocenters. The van der Waals surface area contributed by atoms with E-state index in [2.05, 4.69) is 10.4 Å². The highest BCUT2D eigenvalue weighted by molar-refractivity contribution is 5.89. The highest BCUT2D eigenvalue weighted by Crippen LogP contribution is 2.17. The quantitative estimate of drug-likeness (QED) is 0.723. The van der Waals surface area contributed by atoms with Crippen LogP contribution in [0.2, 0.25) is 0 Å². The zero-order chi connectivity index (χ0) is 17.6. The molecule has 7 nitrogen and oxygen atoms in total. The number of furan rings is 1. The zero-order valence-electron chi connectivity index (χ0n) is 13.9. The molecule has 1 atom stereocenters. The second-order valence-corrected chi connectivity index (χ2v) is 5.73. The molecule has 3 rings (SSSR count). The van der Waals surface area contributed by atoms with Crippen molar-refractivity contribution in [2.45, 2.75) is 12.6 Å². The first-order valence-corrected chi connectivity index (χ1v) is 7.92. The Balaban J connectivity index is 1.74. The SMILES string of the molecule is Cn1cc(NC(=O)N(Cc2ccccc2)CC(O)c2ccco2)cn1. The number of urea groups is 1. The number of hydrogen-bond donors (Lipinski definition) is 2. The molecule has 0 spiro atoms. The number of amides is 2. The molecular formula is C18H20N4O3. The third-order valence-electron chi connectivity index (χ3n) is 3.72. The fraction of sp³-hybridized carbons (Fsp3) is 0.222. The van der Waals surface area contributed by atoms with Crippen molar-refractivity contribution in [1.82, 2.24) is 14.7 Å². The smallest absolute Gasteiger partial charge is 0.322 e. The first kappa shape index (κ1) is 16.8. The number of hydrogen-bond acceptors (Lipinski definition) is 4. The number of nitrogens with zero attached hydrogens (tertiary/aromatic N) is 3. The van der Waals surface area contributed by atoms with Gasteiger partial charge in [0, 0.05) is 19.8 Å². The largest absolute Gasteiger partial charge is 0.467 e. The molecule has 1 aromatic carbocycles. The van der Waals surface area contributed by atoms with E-state index < -0.39 is 6.10 Å². The van der Waals surface area contributed by atoms with Gasteiger partial charge in [-0.1, -0.05) is 30.3 Å². The van der Waals surface area contributed by atoms with Crippen LogP contribution in [0.5, 0.6) is 0 Å². The second-order valence-electron chi connectivity index (χ2n) is 5.73. The van der Waals surface area contributed by atoms with Gasteiger partial charge in [0.25, 0.3) is 0 Å². The zero-order valence-corrected chi connectivity index (χ0v) is 13.9. The number of aromatic nitrogens is 2. The molecule has 0 bridgehead atoms. The van der Waals surface area contributed by atoms with Gasteiger partial charge in [0.15, 0.2) is 0 Å². The summed E-state index contributed by atoms with van der Waals surface area (Å²) in [7, 11) is 1.78. The molecule has 0 saturated carbocycles. The monoisotopic (exact) mass is 340 g/mol. The lowest BCUT2D eigenvalue weighted by Gasteiger charge is -2.25. The maximum absolute atomic E-state index is 12.7. The molecule has 0 saturated heterocycles. The van der Waals surface area contributed by atoms with Crippen LogP contribution >= 0.6 is 0 Å². The fourth-order valence-corrected chi connectivity index (χ4v) is 2.49. The normalized spacial score (nSPS) is 11.9. The van der Waals surface area contributed by atoms with Crippen molar-refractivity contribution >= 4 is 11.7 Å². The van der Waals surface area contributed by atoms with Crippen molar-refractivity contribution in [1.29, 1.82) is 0 Å². The lowest BCUT2D eigenvalue weighted by Crippen LogP contribution is -2.37. The van der Waals surface area contributed by atoms with Crippen LogP contribution < -0.4 is 5.32 Å². The molecule has 7 heteroatoms. The van der Waals surface area contributed by atoms with Gasteiger partial charge in [-0.3, -0.25) is 4.68 Å². The van der Waals surface area contributed by atoms with E-state index in [9.17, 15) is 9.90 Å². The van der Waals surface area contributed by atoms with Crippen LogP contribution in [-0.4, -0.2) is 32.4 Å². The number of benzene rings is 1. The van der Waals surface area contributed by atoms with Crippen molar-refractivity contribution in [3.8, 4) is 0 Å². The van der Waals surface area contributed by atoms with Crippen LogP contribution in [0.25, 0.3) is 0 Å². The number of aliphatic hydroxyl groups is 1. The van der Waals surface area contributed by atoms with Crippen LogP contribution in [0.1, 0.15) is 17.4 Å². The average molecular weight is 340 g/mol. The molecule has 2 N–H and O–H groups in total. The molecule has 3 aromatic rings. The van der Waals surface area contributed by atoms with Gasteiger partial charge in [-0.25, -0.2) is 4.79 Å². The van der Waals surface area contributed by atoms with Gasteiger partial charge in [-0.2, -0.15) is 5.10 Å². The number of anilines is 1. The molecule has 2 amide bonds. The topological polar surface area (TPSA) is 83.5 Å². The summed E-state index contributed by atoms with van der Waals surface area (Å²) < 4.78 is 6.83. The van der Waals surface area contributed by atoms with Crippen molar-refractivity contribution in [3.63, 3.8) is 0 Å². The van der Waals surface area contributed by atoms with Gasteiger partial charge in [-0.15, -0.1) is 0 Å². The van der Waals surface area contributed by atoms with E-state index in [0.29, 0.717) is 18.0 Å². The van der Waals surface area contributed by atoms with Gasteiger partial charge in [0.2, 0.25) is 0 Å². The summed E-state index contributed by atoms with van der Waals surface area (Å²) in [6.07, 6.45) is 3.87. The van der Waals surface area contributed by atoms with Crippen LogP contribution in [0, 0.1) is 0 Å². The van der Waals surface area contributed by atoms with E-state index in [0.717, 1.165) is 5.56 Å². The van der Waals surface area contributed by atoms with Gasteiger partial charge < -0.3 is 19.7 Å². The molecule has 0 fully saturated rings. The van der Waals surface area contributed by atoms with Gasteiger partial charge in [0.05, 0.1) is 24.7 Å². The summed E-state index contributed by atoms with van der Waals surface area (Å²) in [5.74, 6) is 0.423. The fourth-order valence-electron chi connectivity index (χ4n) is 2.49. The Labute approximate surface area is 145 Å². The number of aryl methyl sites for hydroxylation is 1. The Hall–Kier alpha value is -3.06. The van der Waals surface area contributed by atoms with E-state index in [-0.39, 0.29) is 12.6 Å². The van der Waals surface area contributed by atoms with E-state index in [4.69, 9.17) is 4.42 Å². The molecule has 130 valence electrons. The lowest BCUT2D eigenvalue weighted by atomic mass is 10.2. The third kappa shape index (κ3) is 4.48. The standard InChI is InChI=1S/C18H20N4O3/c1-21-12-15(10-19-21)20-18(24)22(11-14-6-3-2-4-7-14)13-16(23)17-8-5-9-25-17/h2-10,12,16,23H,11,13H2,1H3,(H,20,24). The molecular weight excluding hydrogens is 320 g/mol. The Morgan fingerprint density at radius 1 is 1.32 bits per heavy atom. The highest BCUT2D eigenvalue weighted by atomic mass is 16.4. The maximum Gasteiger partial charge on any atom is 0.322 e. The molecule has 0 aliphatic rings. The summed E-state index contributed by atoms with van der Waals surface area (Å²) in [6.45, 7) is 0.471.